The van der Waals surface area contributed by atoms with Gasteiger partial charge in [-0.1, -0.05) is 5.16 Å². The molecule has 0 fully saturated rings. The number of hydrogen-bond acceptors (Lipinski definition) is 3. The Morgan fingerprint density at radius 3 is 2.67 bits per heavy atom. The van der Waals surface area contributed by atoms with E-state index in [1.165, 1.54) is 6.21 Å². The van der Waals surface area contributed by atoms with Crippen molar-refractivity contribution in [1.82, 2.24) is 4.98 Å². The van der Waals surface area contributed by atoms with Gasteiger partial charge in [-0.05, 0) is 13.8 Å². The molecule has 0 saturated heterocycles. The summed E-state index contributed by atoms with van der Waals surface area (Å²) in [6.07, 6.45) is 1.26. The molecular weight excluding hydrogens is 154 g/mol. The minimum Gasteiger partial charge on any atom is -0.411 e. The van der Waals surface area contributed by atoms with Crippen molar-refractivity contribution >= 4 is 6.21 Å². The molecule has 1 rings (SSSR count). The van der Waals surface area contributed by atoms with Gasteiger partial charge in [-0.25, -0.2) is 0 Å². The summed E-state index contributed by atoms with van der Waals surface area (Å²) in [6, 6.07) is 2.04. The zero-order valence-electron chi connectivity index (χ0n) is 6.92. The average molecular weight is 163 g/mol. The topological polar surface area (TPSA) is 72.2 Å². The molecule has 0 radical (unpaired) electrons. The molecule has 1 aromatic rings. The Balaban J connectivity index is 3.35. The van der Waals surface area contributed by atoms with E-state index in [0.717, 1.165) is 11.4 Å². The molecule has 0 aliphatic carbocycles. The summed E-state index contributed by atoms with van der Waals surface area (Å²) < 4.78 is 0. The number of aromatic amines is 1. The largest absolute Gasteiger partial charge is 0.411 e. The highest BCUT2D eigenvalue weighted by atomic mass is 16.4. The number of hydrogen-bond donors (Lipinski definition) is 2. The fourth-order valence-electron chi connectivity index (χ4n) is 1.16. The molecule has 0 aliphatic heterocycles. The van der Waals surface area contributed by atoms with Gasteiger partial charge in [0, 0.05) is 17.0 Å². The molecule has 0 aromatic carbocycles. The van der Waals surface area contributed by atoms with E-state index >= 15 is 0 Å². The molecule has 0 amide bonds. The van der Waals surface area contributed by atoms with Gasteiger partial charge in [0.25, 0.3) is 0 Å². The SMILES string of the molecule is Cc1[nH]c(C)c(/C=N/O)c1C#N. The van der Waals surface area contributed by atoms with E-state index in [1.807, 2.05) is 13.0 Å². The summed E-state index contributed by atoms with van der Waals surface area (Å²) in [5.74, 6) is 0. The van der Waals surface area contributed by atoms with Crippen LogP contribution in [0.25, 0.3) is 0 Å². The lowest BCUT2D eigenvalue weighted by Crippen LogP contribution is -1.85. The van der Waals surface area contributed by atoms with Crippen molar-refractivity contribution < 1.29 is 5.21 Å². The summed E-state index contributed by atoms with van der Waals surface area (Å²) in [5, 5.41) is 19.9. The molecule has 1 heterocycles. The van der Waals surface area contributed by atoms with Crippen LogP contribution in [0.3, 0.4) is 0 Å². The fraction of sp³-hybridized carbons (Fsp3) is 0.250. The Morgan fingerprint density at radius 2 is 2.17 bits per heavy atom. The second-order valence-corrected chi connectivity index (χ2v) is 2.52. The van der Waals surface area contributed by atoms with E-state index in [-0.39, 0.29) is 0 Å². The van der Waals surface area contributed by atoms with Gasteiger partial charge in [-0.15, -0.1) is 0 Å². The molecule has 0 spiro atoms. The molecule has 2 N–H and O–H groups in total. The first-order valence-corrected chi connectivity index (χ1v) is 3.47. The highest BCUT2D eigenvalue weighted by Gasteiger charge is 2.09. The van der Waals surface area contributed by atoms with Gasteiger partial charge in [0.1, 0.15) is 6.07 Å². The first-order valence-electron chi connectivity index (χ1n) is 3.47. The van der Waals surface area contributed by atoms with Crippen molar-refractivity contribution in [2.75, 3.05) is 0 Å². The Bertz CT molecular complexity index is 357. The van der Waals surface area contributed by atoms with Gasteiger partial charge in [0.15, 0.2) is 0 Å². The molecule has 0 unspecified atom stereocenters. The number of aromatic nitrogens is 1. The van der Waals surface area contributed by atoms with Crippen LogP contribution in [-0.2, 0) is 0 Å². The monoisotopic (exact) mass is 163 g/mol. The van der Waals surface area contributed by atoms with E-state index in [0.29, 0.717) is 11.1 Å². The third kappa shape index (κ3) is 1.17. The standard InChI is InChI=1S/C8H9N3O/c1-5-7(3-9)8(4-10-12)6(2)11-5/h4,11-12H,1-2H3/b10-4+. The second-order valence-electron chi connectivity index (χ2n) is 2.52. The third-order valence-electron chi connectivity index (χ3n) is 1.72. The minimum atomic E-state index is 0.533. The van der Waals surface area contributed by atoms with Crippen LogP contribution in [0.5, 0.6) is 0 Å². The quantitative estimate of drug-likeness (QED) is 0.372. The van der Waals surface area contributed by atoms with Crippen LogP contribution in [0.15, 0.2) is 5.16 Å². The maximum Gasteiger partial charge on any atom is 0.102 e. The molecular formula is C8H9N3O. The van der Waals surface area contributed by atoms with Crippen LogP contribution >= 0.6 is 0 Å². The van der Waals surface area contributed by atoms with Crippen LogP contribution in [0, 0.1) is 25.2 Å². The van der Waals surface area contributed by atoms with Crippen molar-refractivity contribution in [2.24, 2.45) is 5.16 Å². The number of nitrogens with one attached hydrogen (secondary N) is 1. The number of H-pyrrole nitrogens is 1. The van der Waals surface area contributed by atoms with Gasteiger partial charge in [-0.2, -0.15) is 5.26 Å². The predicted molar refractivity (Wildman–Crippen MR) is 44.4 cm³/mol. The average Bonchev–Trinajstić information content (AvgIpc) is 2.28. The Morgan fingerprint density at radius 1 is 1.50 bits per heavy atom. The number of oxime groups is 1. The zero-order valence-corrected chi connectivity index (χ0v) is 6.92. The van der Waals surface area contributed by atoms with Crippen LogP contribution < -0.4 is 0 Å². The lowest BCUT2D eigenvalue weighted by atomic mass is 10.1. The maximum absolute atomic E-state index is 8.73. The van der Waals surface area contributed by atoms with Crippen LogP contribution in [0.2, 0.25) is 0 Å². The molecule has 0 bridgehead atoms. The van der Waals surface area contributed by atoms with E-state index in [4.69, 9.17) is 10.5 Å². The molecule has 62 valence electrons. The molecule has 4 heteroatoms. The summed E-state index contributed by atoms with van der Waals surface area (Å²) in [7, 11) is 0. The first-order chi connectivity index (χ1) is 5.70. The van der Waals surface area contributed by atoms with Crippen LogP contribution in [0.4, 0.5) is 0 Å². The van der Waals surface area contributed by atoms with Gasteiger partial charge in [0.05, 0.1) is 11.8 Å². The van der Waals surface area contributed by atoms with Gasteiger partial charge in [0.2, 0.25) is 0 Å². The summed E-state index contributed by atoms with van der Waals surface area (Å²) in [5.41, 5.74) is 2.81. The minimum absolute atomic E-state index is 0.533. The molecule has 12 heavy (non-hydrogen) atoms. The van der Waals surface area contributed by atoms with E-state index in [9.17, 15) is 0 Å². The molecule has 0 atom stereocenters. The van der Waals surface area contributed by atoms with Crippen LogP contribution in [0.1, 0.15) is 22.5 Å². The van der Waals surface area contributed by atoms with Crippen molar-refractivity contribution in [3.63, 3.8) is 0 Å². The Kier molecular flexibility index (Phi) is 2.15. The molecule has 0 saturated carbocycles. The summed E-state index contributed by atoms with van der Waals surface area (Å²) in [4.78, 5) is 2.99. The van der Waals surface area contributed by atoms with Gasteiger partial charge >= 0.3 is 0 Å². The number of aryl methyl sites for hydroxylation is 2. The fourth-order valence-corrected chi connectivity index (χ4v) is 1.16. The Hall–Kier alpha value is -1.76. The van der Waals surface area contributed by atoms with Gasteiger partial charge < -0.3 is 10.2 Å². The van der Waals surface area contributed by atoms with Crippen LogP contribution in [-0.4, -0.2) is 16.4 Å². The number of nitrogens with zero attached hydrogens (tertiary/aromatic N) is 2. The first kappa shape index (κ1) is 8.34. The maximum atomic E-state index is 8.73. The molecule has 1 aromatic heterocycles. The zero-order chi connectivity index (χ0) is 9.14. The van der Waals surface area contributed by atoms with E-state index in [2.05, 4.69) is 10.1 Å². The Labute approximate surface area is 70.1 Å². The molecule has 0 aliphatic rings. The summed E-state index contributed by atoms with van der Waals surface area (Å²) in [6.45, 7) is 3.63. The third-order valence-corrected chi connectivity index (χ3v) is 1.72. The van der Waals surface area contributed by atoms with E-state index < -0.39 is 0 Å². The highest BCUT2D eigenvalue weighted by molar-refractivity contribution is 5.85. The smallest absolute Gasteiger partial charge is 0.102 e. The lowest BCUT2D eigenvalue weighted by Gasteiger charge is -1.87. The van der Waals surface area contributed by atoms with Gasteiger partial charge in [-0.3, -0.25) is 0 Å². The summed E-state index contributed by atoms with van der Waals surface area (Å²) >= 11 is 0. The van der Waals surface area contributed by atoms with Crippen molar-refractivity contribution in [2.45, 2.75) is 13.8 Å². The highest BCUT2D eigenvalue weighted by Crippen LogP contribution is 2.14. The molecule has 4 nitrogen and oxygen atoms in total. The number of rotatable bonds is 1. The van der Waals surface area contributed by atoms with Crippen molar-refractivity contribution in [3.05, 3.63) is 22.5 Å². The van der Waals surface area contributed by atoms with Crippen molar-refractivity contribution in [1.29, 1.82) is 5.26 Å². The van der Waals surface area contributed by atoms with E-state index in [1.54, 1.807) is 6.92 Å². The lowest BCUT2D eigenvalue weighted by molar-refractivity contribution is 0.322. The number of nitriles is 1. The predicted octanol–water partition coefficient (Wildman–Crippen LogP) is 1.31. The second kappa shape index (κ2) is 3.09. The van der Waals surface area contributed by atoms with Crippen molar-refractivity contribution in [3.8, 4) is 6.07 Å². The normalized spacial score (nSPS) is 10.4.